The Morgan fingerprint density at radius 2 is 2.21 bits per heavy atom. The number of nitrogens with zero attached hydrogens (tertiary/aromatic N) is 3. The molecule has 1 aromatic heterocycles. The lowest BCUT2D eigenvalue weighted by Gasteiger charge is -2.27. The summed E-state index contributed by atoms with van der Waals surface area (Å²) in [5, 5.41) is 0. The molecule has 98 valence electrons. The van der Waals surface area contributed by atoms with Crippen LogP contribution in [0.5, 0.6) is 0 Å². The van der Waals surface area contributed by atoms with Gasteiger partial charge in [0, 0.05) is 30.0 Å². The van der Waals surface area contributed by atoms with Crippen molar-refractivity contribution in [3.63, 3.8) is 0 Å². The van der Waals surface area contributed by atoms with Gasteiger partial charge in [-0.3, -0.25) is 4.79 Å². The number of rotatable bonds is 1. The Morgan fingerprint density at radius 1 is 1.37 bits per heavy atom. The van der Waals surface area contributed by atoms with E-state index in [9.17, 15) is 9.18 Å². The van der Waals surface area contributed by atoms with E-state index in [0.717, 1.165) is 5.82 Å². The van der Waals surface area contributed by atoms with Crippen molar-refractivity contribution in [2.24, 2.45) is 0 Å². The summed E-state index contributed by atoms with van der Waals surface area (Å²) >= 11 is 3.18. The molecule has 1 aromatic carbocycles. The number of hydrogen-bond acceptors (Lipinski definition) is 2. The lowest BCUT2D eigenvalue weighted by atomic mass is 10.1. The Morgan fingerprint density at radius 3 is 3.00 bits per heavy atom. The van der Waals surface area contributed by atoms with Gasteiger partial charge in [-0.1, -0.05) is 15.9 Å². The number of fused-ring (bicyclic) bond motifs is 1. The highest BCUT2D eigenvalue weighted by molar-refractivity contribution is 9.10. The average molecular weight is 324 g/mol. The smallest absolute Gasteiger partial charge is 0.257 e. The number of aromatic nitrogens is 2. The lowest BCUT2D eigenvalue weighted by molar-refractivity contribution is 0.0702. The molecule has 6 heteroatoms. The number of benzene rings is 1. The Balaban J connectivity index is 1.85. The molecule has 0 radical (unpaired) electrons. The number of carbonyl (C=O) groups is 1. The zero-order chi connectivity index (χ0) is 13.4. The fourth-order valence-corrected chi connectivity index (χ4v) is 2.51. The molecule has 0 N–H and O–H groups in total. The van der Waals surface area contributed by atoms with E-state index in [1.807, 2.05) is 10.8 Å². The van der Waals surface area contributed by atoms with Crippen LogP contribution >= 0.6 is 15.9 Å². The first-order valence-corrected chi connectivity index (χ1v) is 6.69. The van der Waals surface area contributed by atoms with Crippen molar-refractivity contribution in [2.75, 3.05) is 6.54 Å². The van der Waals surface area contributed by atoms with Crippen molar-refractivity contribution in [1.82, 2.24) is 14.5 Å². The van der Waals surface area contributed by atoms with E-state index in [4.69, 9.17) is 0 Å². The van der Waals surface area contributed by atoms with Gasteiger partial charge < -0.3 is 9.47 Å². The summed E-state index contributed by atoms with van der Waals surface area (Å²) < 4.78 is 16.4. The maximum absolute atomic E-state index is 13.8. The Kier molecular flexibility index (Phi) is 3.10. The van der Waals surface area contributed by atoms with Crippen LogP contribution in [0.2, 0.25) is 0 Å². The first-order chi connectivity index (χ1) is 9.15. The Hall–Kier alpha value is -1.69. The zero-order valence-electron chi connectivity index (χ0n) is 10.0. The molecular weight excluding hydrogens is 313 g/mol. The molecule has 0 saturated carbocycles. The van der Waals surface area contributed by atoms with Gasteiger partial charge in [-0.05, 0) is 18.2 Å². The average Bonchev–Trinajstić information content (AvgIpc) is 2.85. The fourth-order valence-electron chi connectivity index (χ4n) is 2.18. The predicted octanol–water partition coefficient (Wildman–Crippen LogP) is 2.44. The summed E-state index contributed by atoms with van der Waals surface area (Å²) in [6.07, 6.45) is 3.60. The highest BCUT2D eigenvalue weighted by atomic mass is 79.9. The molecule has 0 aliphatic carbocycles. The molecular formula is C13H11BrFN3O. The van der Waals surface area contributed by atoms with Crippen LogP contribution in [0.25, 0.3) is 0 Å². The highest BCUT2D eigenvalue weighted by Crippen LogP contribution is 2.19. The largest absolute Gasteiger partial charge is 0.332 e. The van der Waals surface area contributed by atoms with Gasteiger partial charge in [0.05, 0.1) is 12.1 Å². The molecule has 0 unspecified atom stereocenters. The van der Waals surface area contributed by atoms with Crippen LogP contribution in [0.4, 0.5) is 4.39 Å². The summed E-state index contributed by atoms with van der Waals surface area (Å²) in [6.45, 7) is 1.68. The highest BCUT2D eigenvalue weighted by Gasteiger charge is 2.24. The Labute approximate surface area is 118 Å². The topological polar surface area (TPSA) is 38.1 Å². The number of hydrogen-bond donors (Lipinski definition) is 0. The number of imidazole rings is 1. The molecule has 1 aliphatic rings. The molecule has 3 rings (SSSR count). The van der Waals surface area contributed by atoms with Crippen molar-refractivity contribution in [3.8, 4) is 0 Å². The van der Waals surface area contributed by atoms with Crippen LogP contribution in [-0.2, 0) is 13.1 Å². The monoisotopic (exact) mass is 323 g/mol. The molecule has 0 atom stereocenters. The molecule has 0 bridgehead atoms. The second-order valence-corrected chi connectivity index (χ2v) is 5.30. The van der Waals surface area contributed by atoms with E-state index in [1.54, 1.807) is 17.2 Å². The van der Waals surface area contributed by atoms with Crippen LogP contribution in [0.15, 0.2) is 35.1 Å². The van der Waals surface area contributed by atoms with Crippen molar-refractivity contribution in [1.29, 1.82) is 0 Å². The second kappa shape index (κ2) is 4.77. The van der Waals surface area contributed by atoms with E-state index in [0.29, 0.717) is 24.1 Å². The van der Waals surface area contributed by atoms with Gasteiger partial charge in [-0.25, -0.2) is 9.37 Å². The summed E-state index contributed by atoms with van der Waals surface area (Å²) in [7, 11) is 0. The Bertz CT molecular complexity index is 641. The maximum Gasteiger partial charge on any atom is 0.257 e. The summed E-state index contributed by atoms with van der Waals surface area (Å²) in [5.41, 5.74) is 0.100. The van der Waals surface area contributed by atoms with Gasteiger partial charge in [-0.15, -0.1) is 0 Å². The predicted molar refractivity (Wildman–Crippen MR) is 71.1 cm³/mol. The first-order valence-electron chi connectivity index (χ1n) is 5.89. The number of amides is 1. The molecule has 0 fully saturated rings. The van der Waals surface area contributed by atoms with Crippen molar-refractivity contribution >= 4 is 21.8 Å². The van der Waals surface area contributed by atoms with E-state index in [1.165, 1.54) is 12.1 Å². The molecule has 2 aromatic rings. The van der Waals surface area contributed by atoms with E-state index < -0.39 is 5.82 Å². The number of carbonyl (C=O) groups excluding carboxylic acids is 1. The van der Waals surface area contributed by atoms with Crippen LogP contribution in [0, 0.1) is 5.82 Å². The summed E-state index contributed by atoms with van der Waals surface area (Å²) in [6, 6.07) is 4.47. The lowest BCUT2D eigenvalue weighted by Crippen LogP contribution is -2.38. The molecule has 0 spiro atoms. The minimum atomic E-state index is -0.506. The standard InChI is InChI=1S/C13H11BrFN3O/c14-9-1-2-10(11(15)7-9)13(19)18-6-5-17-4-3-16-12(17)8-18/h1-4,7H,5-6,8H2. The van der Waals surface area contributed by atoms with Gasteiger partial charge in [0.1, 0.15) is 11.6 Å². The summed E-state index contributed by atoms with van der Waals surface area (Å²) in [4.78, 5) is 18.1. The fraction of sp³-hybridized carbons (Fsp3) is 0.231. The van der Waals surface area contributed by atoms with Gasteiger partial charge in [0.15, 0.2) is 0 Å². The third kappa shape index (κ3) is 2.28. The molecule has 0 saturated heterocycles. The SMILES string of the molecule is O=C(c1ccc(Br)cc1F)N1CCn2ccnc2C1. The van der Waals surface area contributed by atoms with E-state index in [2.05, 4.69) is 20.9 Å². The molecule has 2 heterocycles. The van der Waals surface area contributed by atoms with E-state index >= 15 is 0 Å². The molecule has 1 amide bonds. The third-order valence-corrected chi connectivity index (χ3v) is 3.69. The normalized spacial score (nSPS) is 14.3. The minimum Gasteiger partial charge on any atom is -0.332 e. The minimum absolute atomic E-state index is 0.100. The first kappa shape index (κ1) is 12.3. The van der Waals surface area contributed by atoms with Gasteiger partial charge in [-0.2, -0.15) is 0 Å². The molecule has 1 aliphatic heterocycles. The van der Waals surface area contributed by atoms with E-state index in [-0.39, 0.29) is 11.5 Å². The maximum atomic E-state index is 13.8. The number of halogens is 2. The van der Waals surface area contributed by atoms with Crippen molar-refractivity contribution in [3.05, 3.63) is 52.3 Å². The van der Waals surface area contributed by atoms with Crippen LogP contribution in [0.1, 0.15) is 16.2 Å². The van der Waals surface area contributed by atoms with Gasteiger partial charge in [0.25, 0.3) is 5.91 Å². The van der Waals surface area contributed by atoms with Crippen molar-refractivity contribution < 1.29 is 9.18 Å². The third-order valence-electron chi connectivity index (χ3n) is 3.19. The van der Waals surface area contributed by atoms with Gasteiger partial charge in [0.2, 0.25) is 0 Å². The quantitative estimate of drug-likeness (QED) is 0.808. The molecule has 4 nitrogen and oxygen atoms in total. The second-order valence-electron chi connectivity index (χ2n) is 4.39. The van der Waals surface area contributed by atoms with Crippen LogP contribution < -0.4 is 0 Å². The zero-order valence-corrected chi connectivity index (χ0v) is 11.6. The van der Waals surface area contributed by atoms with Crippen LogP contribution in [-0.4, -0.2) is 26.9 Å². The molecule has 19 heavy (non-hydrogen) atoms. The van der Waals surface area contributed by atoms with Crippen LogP contribution in [0.3, 0.4) is 0 Å². The van der Waals surface area contributed by atoms with Gasteiger partial charge >= 0.3 is 0 Å². The summed E-state index contributed by atoms with van der Waals surface area (Å²) in [5.74, 6) is 0.0321. The van der Waals surface area contributed by atoms with Crippen molar-refractivity contribution in [2.45, 2.75) is 13.1 Å².